The number of hydrogen-bond donors (Lipinski definition) is 1. The number of benzene rings is 1. The van der Waals surface area contributed by atoms with Crippen molar-refractivity contribution >= 4 is 22.5 Å². The first-order valence-electron chi connectivity index (χ1n) is 13.3. The zero-order valence-corrected chi connectivity index (χ0v) is 22.8. The lowest BCUT2D eigenvalue weighted by atomic mass is 9.90. The molecule has 208 valence electrons. The lowest BCUT2D eigenvalue weighted by Crippen LogP contribution is -2.42. The Balaban J connectivity index is 1.41. The first-order valence-corrected chi connectivity index (χ1v) is 13.3. The predicted molar refractivity (Wildman–Crippen MR) is 149 cm³/mol. The highest BCUT2D eigenvalue weighted by atomic mass is 19.4. The molecule has 3 heterocycles. The molecule has 4 rings (SSSR count). The molecule has 0 radical (unpaired) electrons. The summed E-state index contributed by atoms with van der Waals surface area (Å²) >= 11 is 0. The van der Waals surface area contributed by atoms with Crippen LogP contribution in [0.15, 0.2) is 42.6 Å². The van der Waals surface area contributed by atoms with Crippen LogP contribution in [0, 0.1) is 24.7 Å². The molecule has 6 nitrogen and oxygen atoms in total. The lowest BCUT2D eigenvalue weighted by Gasteiger charge is -2.32. The Bertz CT molecular complexity index is 1330. The van der Waals surface area contributed by atoms with Crippen LogP contribution in [0.25, 0.3) is 10.9 Å². The van der Waals surface area contributed by atoms with Crippen molar-refractivity contribution in [1.82, 2.24) is 19.4 Å². The average Bonchev–Trinajstić information content (AvgIpc) is 3.21. The Morgan fingerprint density at radius 2 is 1.92 bits per heavy atom. The van der Waals surface area contributed by atoms with Gasteiger partial charge in [-0.1, -0.05) is 12.0 Å². The zero-order chi connectivity index (χ0) is 28.0. The summed E-state index contributed by atoms with van der Waals surface area (Å²) in [6.45, 7) is 3.12. The SMILES string of the molecule is Cc1ccc(NCC#Cc2cc3cc(CCC4CCN(C(=O)CN(C)C)CC4)ccc3n2CC(F)(F)F)cn1. The summed E-state index contributed by atoms with van der Waals surface area (Å²) in [7, 11) is 3.80. The van der Waals surface area contributed by atoms with Gasteiger partial charge in [-0.3, -0.25) is 9.78 Å². The van der Waals surface area contributed by atoms with Crippen molar-refractivity contribution < 1.29 is 18.0 Å². The number of nitrogens with one attached hydrogen (secondary N) is 1. The van der Waals surface area contributed by atoms with Gasteiger partial charge in [0.1, 0.15) is 6.54 Å². The number of hydrogen-bond acceptors (Lipinski definition) is 4. The summed E-state index contributed by atoms with van der Waals surface area (Å²) in [4.78, 5) is 20.3. The minimum absolute atomic E-state index is 0.175. The average molecular weight is 540 g/mol. The summed E-state index contributed by atoms with van der Waals surface area (Å²) in [6, 6.07) is 11.2. The number of anilines is 1. The number of fused-ring (bicyclic) bond motifs is 1. The third kappa shape index (κ3) is 8.24. The Kier molecular flexibility index (Phi) is 9.18. The number of amides is 1. The monoisotopic (exact) mass is 539 g/mol. The van der Waals surface area contributed by atoms with Gasteiger partial charge in [-0.2, -0.15) is 13.2 Å². The molecule has 0 aliphatic carbocycles. The molecule has 1 fully saturated rings. The zero-order valence-electron chi connectivity index (χ0n) is 22.8. The van der Waals surface area contributed by atoms with Crippen molar-refractivity contribution in [2.45, 2.75) is 45.3 Å². The second-order valence-corrected chi connectivity index (χ2v) is 10.6. The lowest BCUT2D eigenvalue weighted by molar-refractivity contribution is -0.140. The summed E-state index contributed by atoms with van der Waals surface area (Å²) in [5.74, 6) is 6.59. The summed E-state index contributed by atoms with van der Waals surface area (Å²) in [5.41, 5.74) is 3.69. The minimum atomic E-state index is -4.35. The first-order chi connectivity index (χ1) is 18.6. The van der Waals surface area contributed by atoms with Crippen molar-refractivity contribution in [3.05, 3.63) is 59.5 Å². The largest absolute Gasteiger partial charge is 0.406 e. The van der Waals surface area contributed by atoms with Crippen LogP contribution in [-0.2, 0) is 17.8 Å². The second-order valence-electron chi connectivity index (χ2n) is 10.6. The number of carbonyl (C=O) groups excluding carboxylic acids is 1. The number of aryl methyl sites for hydroxylation is 2. The number of halogens is 3. The fourth-order valence-electron chi connectivity index (χ4n) is 4.99. The second kappa shape index (κ2) is 12.6. The van der Waals surface area contributed by atoms with E-state index in [1.165, 1.54) is 4.57 Å². The number of piperidine rings is 1. The predicted octanol–water partition coefficient (Wildman–Crippen LogP) is 5.10. The maximum atomic E-state index is 13.4. The van der Waals surface area contributed by atoms with E-state index in [1.54, 1.807) is 18.3 Å². The molecule has 1 amide bonds. The summed E-state index contributed by atoms with van der Waals surface area (Å²) in [5, 5.41) is 3.89. The minimum Gasteiger partial charge on any atom is -0.373 e. The van der Waals surface area contributed by atoms with Gasteiger partial charge in [0.15, 0.2) is 0 Å². The number of aromatic nitrogens is 2. The Hall–Kier alpha value is -3.51. The Labute approximate surface area is 228 Å². The van der Waals surface area contributed by atoms with Crippen LogP contribution >= 0.6 is 0 Å². The summed E-state index contributed by atoms with van der Waals surface area (Å²) in [6.07, 6.45) is 1.16. The van der Waals surface area contributed by atoms with Crippen molar-refractivity contribution in [2.75, 3.05) is 45.6 Å². The molecule has 39 heavy (non-hydrogen) atoms. The third-order valence-corrected chi connectivity index (χ3v) is 7.07. The molecular formula is C30H36F3N5O. The molecule has 1 aromatic carbocycles. The normalized spacial score (nSPS) is 14.5. The highest BCUT2D eigenvalue weighted by Crippen LogP contribution is 2.28. The van der Waals surface area contributed by atoms with Gasteiger partial charge in [0.05, 0.1) is 30.7 Å². The molecule has 2 aromatic heterocycles. The van der Waals surface area contributed by atoms with Crippen molar-refractivity contribution in [2.24, 2.45) is 5.92 Å². The molecule has 0 unspecified atom stereocenters. The molecule has 3 aromatic rings. The van der Waals surface area contributed by atoms with Crippen LogP contribution in [0.5, 0.6) is 0 Å². The van der Waals surface area contributed by atoms with E-state index in [0.717, 1.165) is 61.1 Å². The number of carbonyl (C=O) groups is 1. The Morgan fingerprint density at radius 3 is 2.59 bits per heavy atom. The van der Waals surface area contributed by atoms with Crippen LogP contribution in [-0.4, -0.2) is 71.7 Å². The van der Waals surface area contributed by atoms with Gasteiger partial charge >= 0.3 is 6.18 Å². The topological polar surface area (TPSA) is 53.4 Å². The van der Waals surface area contributed by atoms with Gasteiger partial charge in [0, 0.05) is 29.7 Å². The van der Waals surface area contributed by atoms with E-state index in [2.05, 4.69) is 22.1 Å². The fraction of sp³-hybridized carbons (Fsp3) is 0.467. The maximum absolute atomic E-state index is 13.4. The van der Waals surface area contributed by atoms with Crippen LogP contribution in [0.2, 0.25) is 0 Å². The van der Waals surface area contributed by atoms with E-state index in [0.29, 0.717) is 30.2 Å². The van der Waals surface area contributed by atoms with Gasteiger partial charge in [-0.05, 0) is 94.4 Å². The number of alkyl halides is 3. The molecule has 0 spiro atoms. The van der Waals surface area contributed by atoms with E-state index in [9.17, 15) is 18.0 Å². The van der Waals surface area contributed by atoms with E-state index >= 15 is 0 Å². The highest BCUT2D eigenvalue weighted by molar-refractivity contribution is 5.83. The van der Waals surface area contributed by atoms with Crippen LogP contribution < -0.4 is 5.32 Å². The van der Waals surface area contributed by atoms with Crippen LogP contribution in [0.1, 0.15) is 36.2 Å². The smallest absolute Gasteiger partial charge is 0.373 e. The standard InChI is InChI=1S/C30H36F3N5O/c1-22-6-10-26(19-35-22)34-14-4-5-27-18-25-17-24(9-11-28(25)38(27)21-30(31,32)33)8-7-23-12-15-37(16-13-23)29(39)20-36(2)3/h6,9-11,17-19,23,34H,7-8,12-16,20-21H2,1-3H3. The molecule has 0 saturated carbocycles. The molecule has 1 N–H and O–H groups in total. The number of rotatable bonds is 8. The van der Waals surface area contributed by atoms with Gasteiger partial charge < -0.3 is 19.7 Å². The highest BCUT2D eigenvalue weighted by Gasteiger charge is 2.29. The number of likely N-dealkylation sites (N-methyl/N-ethyl adjacent to an activating group) is 1. The molecule has 0 bridgehead atoms. The van der Waals surface area contributed by atoms with Gasteiger partial charge in [-0.15, -0.1) is 0 Å². The summed E-state index contributed by atoms with van der Waals surface area (Å²) < 4.78 is 41.4. The van der Waals surface area contributed by atoms with Gasteiger partial charge in [0.2, 0.25) is 5.91 Å². The number of pyridine rings is 1. The maximum Gasteiger partial charge on any atom is 0.406 e. The van der Waals surface area contributed by atoms with Crippen LogP contribution in [0.4, 0.5) is 18.9 Å². The fourth-order valence-corrected chi connectivity index (χ4v) is 4.99. The quantitative estimate of drug-likeness (QED) is 0.405. The molecule has 1 aliphatic rings. The Morgan fingerprint density at radius 1 is 1.15 bits per heavy atom. The van der Waals surface area contributed by atoms with Gasteiger partial charge in [0.25, 0.3) is 0 Å². The third-order valence-electron chi connectivity index (χ3n) is 7.07. The molecular weight excluding hydrogens is 503 g/mol. The number of likely N-dealkylation sites (tertiary alicyclic amines) is 1. The molecule has 9 heteroatoms. The first kappa shape index (κ1) is 28.5. The molecule has 0 atom stereocenters. The van der Waals surface area contributed by atoms with E-state index in [-0.39, 0.29) is 5.91 Å². The van der Waals surface area contributed by atoms with Crippen molar-refractivity contribution in [3.63, 3.8) is 0 Å². The van der Waals surface area contributed by atoms with E-state index in [4.69, 9.17) is 0 Å². The number of nitrogens with zero attached hydrogens (tertiary/aromatic N) is 4. The van der Waals surface area contributed by atoms with E-state index in [1.807, 2.05) is 55.1 Å². The van der Waals surface area contributed by atoms with Crippen molar-refractivity contribution in [1.29, 1.82) is 0 Å². The molecule has 1 aliphatic heterocycles. The van der Waals surface area contributed by atoms with E-state index < -0.39 is 12.7 Å². The van der Waals surface area contributed by atoms with Crippen molar-refractivity contribution in [3.8, 4) is 11.8 Å². The van der Waals surface area contributed by atoms with Gasteiger partial charge in [-0.25, -0.2) is 0 Å². The van der Waals surface area contributed by atoms with Crippen LogP contribution in [0.3, 0.4) is 0 Å². The molecule has 1 saturated heterocycles.